The third kappa shape index (κ3) is 4.51. The summed E-state index contributed by atoms with van der Waals surface area (Å²) >= 11 is 0. The second-order valence-corrected chi connectivity index (χ2v) is 3.79. The van der Waals surface area contributed by atoms with E-state index in [9.17, 15) is 0 Å². The summed E-state index contributed by atoms with van der Waals surface area (Å²) in [6.07, 6.45) is 4.99. The lowest BCUT2D eigenvalue weighted by Gasteiger charge is -2.07. The van der Waals surface area contributed by atoms with Crippen molar-refractivity contribution in [1.82, 2.24) is 15.0 Å². The first-order chi connectivity index (χ1) is 9.38. The smallest absolute Gasteiger partial charge is 0.218 e. The maximum atomic E-state index is 5.41. The van der Waals surface area contributed by atoms with Gasteiger partial charge in [0.05, 0.1) is 6.61 Å². The Morgan fingerprint density at radius 3 is 2.79 bits per heavy atom. The lowest BCUT2D eigenvalue weighted by atomic mass is 10.3. The average molecular weight is 260 g/mol. The van der Waals surface area contributed by atoms with Crippen LogP contribution in [0.5, 0.6) is 5.88 Å². The topological polar surface area (TPSA) is 69.2 Å². The van der Waals surface area contributed by atoms with Crippen molar-refractivity contribution in [3.05, 3.63) is 42.5 Å². The normalized spacial score (nSPS) is 10.2. The summed E-state index contributed by atoms with van der Waals surface area (Å²) in [6.45, 7) is 1.68. The molecule has 2 aromatic heterocycles. The molecule has 0 aromatic carbocycles. The molecule has 6 nitrogen and oxygen atoms in total. The van der Waals surface area contributed by atoms with E-state index in [1.807, 2.05) is 12.1 Å². The number of rotatable bonds is 7. The number of methoxy groups -OCH3 is 1. The summed E-state index contributed by atoms with van der Waals surface area (Å²) in [5.41, 5.74) is 1.13. The number of nitrogens with one attached hydrogen (secondary N) is 1. The van der Waals surface area contributed by atoms with Crippen LogP contribution in [0.4, 0.5) is 5.82 Å². The van der Waals surface area contributed by atoms with E-state index in [0.29, 0.717) is 25.6 Å². The van der Waals surface area contributed by atoms with E-state index in [0.717, 1.165) is 11.4 Å². The van der Waals surface area contributed by atoms with Gasteiger partial charge in [-0.3, -0.25) is 4.98 Å². The zero-order valence-electron chi connectivity index (χ0n) is 10.7. The fourth-order valence-corrected chi connectivity index (χ4v) is 1.44. The monoisotopic (exact) mass is 260 g/mol. The maximum absolute atomic E-state index is 5.41. The van der Waals surface area contributed by atoms with Gasteiger partial charge in [-0.25, -0.2) is 9.97 Å². The highest BCUT2D eigenvalue weighted by Gasteiger charge is 2.00. The van der Waals surface area contributed by atoms with Crippen LogP contribution in [-0.4, -0.2) is 35.3 Å². The molecular weight excluding hydrogens is 244 g/mol. The van der Waals surface area contributed by atoms with Crippen molar-refractivity contribution < 1.29 is 9.47 Å². The van der Waals surface area contributed by atoms with E-state index in [-0.39, 0.29) is 0 Å². The maximum Gasteiger partial charge on any atom is 0.218 e. The summed E-state index contributed by atoms with van der Waals surface area (Å²) in [6, 6.07) is 5.66. The predicted octanol–water partition coefficient (Wildman–Crippen LogP) is 1.51. The van der Waals surface area contributed by atoms with Gasteiger partial charge in [0.25, 0.3) is 0 Å². The van der Waals surface area contributed by atoms with Gasteiger partial charge in [-0.15, -0.1) is 0 Å². The molecule has 0 spiro atoms. The number of hydrogen-bond acceptors (Lipinski definition) is 6. The zero-order valence-corrected chi connectivity index (χ0v) is 10.7. The van der Waals surface area contributed by atoms with Gasteiger partial charge in [-0.1, -0.05) is 0 Å². The molecule has 0 aliphatic rings. The summed E-state index contributed by atoms with van der Waals surface area (Å²) in [5, 5.41) is 3.20. The molecule has 0 bridgehead atoms. The van der Waals surface area contributed by atoms with Gasteiger partial charge in [0.2, 0.25) is 5.88 Å². The third-order valence-corrected chi connectivity index (χ3v) is 2.40. The Balaban J connectivity index is 1.88. The van der Waals surface area contributed by atoms with Crippen LogP contribution in [0, 0.1) is 0 Å². The highest BCUT2D eigenvalue weighted by Crippen LogP contribution is 2.11. The molecule has 0 radical (unpaired) electrons. The molecule has 6 heteroatoms. The van der Waals surface area contributed by atoms with Crippen LogP contribution < -0.4 is 10.1 Å². The van der Waals surface area contributed by atoms with E-state index in [2.05, 4.69) is 20.3 Å². The van der Waals surface area contributed by atoms with Crippen molar-refractivity contribution in [2.24, 2.45) is 0 Å². The highest BCUT2D eigenvalue weighted by molar-refractivity contribution is 5.37. The first-order valence-electron chi connectivity index (χ1n) is 5.95. The Hall–Kier alpha value is -2.21. The number of ether oxygens (including phenoxy) is 2. The van der Waals surface area contributed by atoms with Crippen molar-refractivity contribution in [3.63, 3.8) is 0 Å². The SMILES string of the molecule is COCCOc1cc(NCc2ccncc2)ncn1. The van der Waals surface area contributed by atoms with Gasteiger partial charge in [0.15, 0.2) is 0 Å². The van der Waals surface area contributed by atoms with Crippen LogP contribution in [0.3, 0.4) is 0 Å². The number of hydrogen-bond donors (Lipinski definition) is 1. The van der Waals surface area contributed by atoms with Crippen LogP contribution in [0.1, 0.15) is 5.56 Å². The lowest BCUT2D eigenvalue weighted by Crippen LogP contribution is -2.07. The number of aromatic nitrogens is 3. The van der Waals surface area contributed by atoms with E-state index in [1.54, 1.807) is 25.6 Å². The Morgan fingerprint density at radius 2 is 2.00 bits per heavy atom. The summed E-state index contributed by atoms with van der Waals surface area (Å²) in [4.78, 5) is 12.1. The van der Waals surface area contributed by atoms with E-state index < -0.39 is 0 Å². The molecule has 0 amide bonds. The lowest BCUT2D eigenvalue weighted by molar-refractivity contribution is 0.143. The molecule has 19 heavy (non-hydrogen) atoms. The molecule has 0 atom stereocenters. The molecule has 0 aliphatic carbocycles. The minimum absolute atomic E-state index is 0.470. The predicted molar refractivity (Wildman–Crippen MR) is 71.0 cm³/mol. The first-order valence-corrected chi connectivity index (χ1v) is 5.95. The first kappa shape index (κ1) is 13.2. The van der Waals surface area contributed by atoms with Crippen LogP contribution in [-0.2, 0) is 11.3 Å². The zero-order chi connectivity index (χ0) is 13.3. The van der Waals surface area contributed by atoms with E-state index >= 15 is 0 Å². The molecule has 0 aliphatic heterocycles. The van der Waals surface area contributed by atoms with E-state index in [4.69, 9.17) is 9.47 Å². The number of nitrogens with zero attached hydrogens (tertiary/aromatic N) is 3. The molecule has 0 fully saturated rings. The second-order valence-electron chi connectivity index (χ2n) is 3.79. The van der Waals surface area contributed by atoms with Crippen molar-refractivity contribution in [1.29, 1.82) is 0 Å². The van der Waals surface area contributed by atoms with Crippen LogP contribution in [0.15, 0.2) is 36.9 Å². The average Bonchev–Trinajstić information content (AvgIpc) is 2.47. The van der Waals surface area contributed by atoms with Gasteiger partial charge in [0.1, 0.15) is 18.8 Å². The van der Waals surface area contributed by atoms with Crippen LogP contribution in [0.2, 0.25) is 0 Å². The van der Waals surface area contributed by atoms with Gasteiger partial charge in [-0.05, 0) is 17.7 Å². The van der Waals surface area contributed by atoms with Gasteiger partial charge in [-0.2, -0.15) is 0 Å². The minimum atomic E-state index is 0.470. The number of anilines is 1. The van der Waals surface area contributed by atoms with E-state index in [1.165, 1.54) is 6.33 Å². The van der Waals surface area contributed by atoms with Crippen molar-refractivity contribution in [2.75, 3.05) is 25.6 Å². The fourth-order valence-electron chi connectivity index (χ4n) is 1.44. The molecule has 2 heterocycles. The van der Waals surface area contributed by atoms with Crippen LogP contribution >= 0.6 is 0 Å². The minimum Gasteiger partial charge on any atom is -0.475 e. The molecule has 0 unspecified atom stereocenters. The van der Waals surface area contributed by atoms with Gasteiger partial charge in [0, 0.05) is 32.1 Å². The summed E-state index contributed by atoms with van der Waals surface area (Å²) in [5.74, 6) is 1.25. The van der Waals surface area contributed by atoms with Crippen molar-refractivity contribution in [2.45, 2.75) is 6.54 Å². The van der Waals surface area contributed by atoms with Crippen molar-refractivity contribution >= 4 is 5.82 Å². The quantitative estimate of drug-likeness (QED) is 0.761. The van der Waals surface area contributed by atoms with Crippen molar-refractivity contribution in [3.8, 4) is 5.88 Å². The molecule has 2 rings (SSSR count). The van der Waals surface area contributed by atoms with Gasteiger partial charge >= 0.3 is 0 Å². The highest BCUT2D eigenvalue weighted by atomic mass is 16.5. The molecular formula is C13H16N4O2. The molecule has 0 saturated carbocycles. The third-order valence-electron chi connectivity index (χ3n) is 2.40. The Bertz CT molecular complexity index is 493. The second kappa shape index (κ2) is 7.27. The molecule has 100 valence electrons. The van der Waals surface area contributed by atoms with Gasteiger partial charge < -0.3 is 14.8 Å². The molecule has 0 saturated heterocycles. The largest absolute Gasteiger partial charge is 0.475 e. The summed E-state index contributed by atoms with van der Waals surface area (Å²) < 4.78 is 10.3. The Kier molecular flexibility index (Phi) is 5.06. The molecule has 2 aromatic rings. The molecule has 1 N–H and O–H groups in total. The Morgan fingerprint density at radius 1 is 1.16 bits per heavy atom. The summed E-state index contributed by atoms with van der Waals surface area (Å²) in [7, 11) is 1.63. The van der Waals surface area contributed by atoms with Crippen LogP contribution in [0.25, 0.3) is 0 Å². The standard InChI is InChI=1S/C13H16N4O2/c1-18-6-7-19-13-8-12(16-10-17-13)15-9-11-2-4-14-5-3-11/h2-5,8,10H,6-7,9H2,1H3,(H,15,16,17). The fraction of sp³-hybridized carbons (Fsp3) is 0.308. The number of pyridine rings is 1. The Labute approximate surface area is 111 Å².